The van der Waals surface area contributed by atoms with Crippen LogP contribution in [0.3, 0.4) is 0 Å². The van der Waals surface area contributed by atoms with E-state index in [9.17, 15) is 18.0 Å². The van der Waals surface area contributed by atoms with Crippen molar-refractivity contribution in [3.63, 3.8) is 0 Å². The van der Waals surface area contributed by atoms with Crippen molar-refractivity contribution in [3.05, 3.63) is 53.6 Å². The lowest BCUT2D eigenvalue weighted by Crippen LogP contribution is -2.36. The second-order valence-corrected chi connectivity index (χ2v) is 10.0. The summed E-state index contributed by atoms with van der Waals surface area (Å²) in [4.78, 5) is 26.8. The number of nitrogens with zero attached hydrogens (tertiary/aromatic N) is 1. The van der Waals surface area contributed by atoms with Gasteiger partial charge >= 0.3 is 0 Å². The molecule has 1 aliphatic rings. The molecule has 3 rings (SSSR count). The maximum Gasteiger partial charge on any atom is 0.257 e. The number of amides is 2. The van der Waals surface area contributed by atoms with Crippen molar-refractivity contribution in [2.45, 2.75) is 45.7 Å². The number of anilines is 3. The number of rotatable bonds is 7. The Morgan fingerprint density at radius 1 is 1.03 bits per heavy atom. The van der Waals surface area contributed by atoms with E-state index in [0.717, 1.165) is 19.3 Å². The largest absolute Gasteiger partial charge is 0.326 e. The van der Waals surface area contributed by atoms with Gasteiger partial charge in [0.1, 0.15) is 0 Å². The van der Waals surface area contributed by atoms with Gasteiger partial charge in [-0.2, -0.15) is 0 Å². The van der Waals surface area contributed by atoms with Gasteiger partial charge in [0.2, 0.25) is 15.9 Å². The quantitative estimate of drug-likeness (QED) is 0.587. The topological polar surface area (TPSA) is 108 Å². The minimum Gasteiger partial charge on any atom is -0.326 e. The smallest absolute Gasteiger partial charge is 0.257 e. The first-order chi connectivity index (χ1) is 15.1. The first-order valence-electron chi connectivity index (χ1n) is 10.6. The highest BCUT2D eigenvalue weighted by molar-refractivity contribution is 7.92. The maximum atomic E-state index is 12.9. The van der Waals surface area contributed by atoms with E-state index in [-0.39, 0.29) is 17.2 Å². The number of benzene rings is 2. The molecule has 172 valence electrons. The van der Waals surface area contributed by atoms with Gasteiger partial charge in [0.25, 0.3) is 5.91 Å². The summed E-state index contributed by atoms with van der Waals surface area (Å²) < 4.78 is 25.8. The van der Waals surface area contributed by atoms with E-state index in [0.29, 0.717) is 17.4 Å². The van der Waals surface area contributed by atoms with Crippen molar-refractivity contribution in [2.75, 3.05) is 28.2 Å². The van der Waals surface area contributed by atoms with E-state index in [2.05, 4.69) is 27.2 Å². The van der Waals surface area contributed by atoms with Gasteiger partial charge in [-0.1, -0.05) is 18.6 Å². The van der Waals surface area contributed by atoms with E-state index < -0.39 is 15.9 Å². The first kappa shape index (κ1) is 23.7. The predicted octanol–water partition coefficient (Wildman–Crippen LogP) is 3.64. The number of likely N-dealkylation sites (tertiary alicyclic amines) is 1. The van der Waals surface area contributed by atoms with Crippen LogP contribution in [0.2, 0.25) is 0 Å². The molecule has 1 aliphatic heterocycles. The third kappa shape index (κ3) is 6.80. The van der Waals surface area contributed by atoms with Gasteiger partial charge in [0.15, 0.2) is 0 Å². The maximum absolute atomic E-state index is 12.9. The van der Waals surface area contributed by atoms with Crippen LogP contribution in [0.25, 0.3) is 0 Å². The Morgan fingerprint density at radius 3 is 2.34 bits per heavy atom. The standard InChI is InChI=1S/C23H30N4O4S/c1-16-6-4-5-13-27(16)15-18-7-9-19(10-8-18)25-23(29)21-14-20(24-17(2)28)11-12-22(21)26-32(3,30)31/h7-12,14,16,26H,4-6,13,15H2,1-3H3,(H,24,28)(H,25,29). The lowest BCUT2D eigenvalue weighted by molar-refractivity contribution is -0.114. The Kier molecular flexibility index (Phi) is 7.52. The van der Waals surface area contributed by atoms with Crippen molar-refractivity contribution in [1.29, 1.82) is 0 Å². The van der Waals surface area contributed by atoms with Gasteiger partial charge in [0.05, 0.1) is 17.5 Å². The van der Waals surface area contributed by atoms with E-state index in [1.54, 1.807) is 0 Å². The van der Waals surface area contributed by atoms with Gasteiger partial charge in [-0.15, -0.1) is 0 Å². The highest BCUT2D eigenvalue weighted by Gasteiger charge is 2.19. The summed E-state index contributed by atoms with van der Waals surface area (Å²) >= 11 is 0. The minimum absolute atomic E-state index is 0.105. The van der Waals surface area contributed by atoms with Crippen LogP contribution in [-0.2, 0) is 21.4 Å². The summed E-state index contributed by atoms with van der Waals surface area (Å²) in [6, 6.07) is 12.6. The number of sulfonamides is 1. The molecule has 1 unspecified atom stereocenters. The third-order valence-electron chi connectivity index (χ3n) is 5.42. The highest BCUT2D eigenvalue weighted by atomic mass is 32.2. The summed E-state index contributed by atoms with van der Waals surface area (Å²) in [7, 11) is -3.59. The van der Waals surface area contributed by atoms with Gasteiger partial charge < -0.3 is 10.6 Å². The zero-order chi connectivity index (χ0) is 23.3. The van der Waals surface area contributed by atoms with Crippen molar-refractivity contribution < 1.29 is 18.0 Å². The van der Waals surface area contributed by atoms with Gasteiger partial charge in [-0.3, -0.25) is 19.2 Å². The Labute approximate surface area is 189 Å². The summed E-state index contributed by atoms with van der Waals surface area (Å²) in [5.41, 5.74) is 2.40. The molecule has 0 aromatic heterocycles. The minimum atomic E-state index is -3.59. The molecule has 2 amide bonds. The van der Waals surface area contributed by atoms with Crippen LogP contribution in [0.1, 0.15) is 49.0 Å². The van der Waals surface area contributed by atoms with Crippen LogP contribution in [0.5, 0.6) is 0 Å². The molecule has 2 aromatic rings. The average Bonchev–Trinajstić information content (AvgIpc) is 2.71. The summed E-state index contributed by atoms with van der Waals surface area (Å²) in [6.07, 6.45) is 4.73. The first-order valence-corrected chi connectivity index (χ1v) is 12.5. The molecule has 1 saturated heterocycles. The lowest BCUT2D eigenvalue weighted by Gasteiger charge is -2.33. The highest BCUT2D eigenvalue weighted by Crippen LogP contribution is 2.24. The van der Waals surface area contributed by atoms with Gasteiger partial charge in [-0.05, 0) is 62.2 Å². The monoisotopic (exact) mass is 458 g/mol. The van der Waals surface area contributed by atoms with Crippen LogP contribution in [0.15, 0.2) is 42.5 Å². The van der Waals surface area contributed by atoms with Crippen molar-refractivity contribution >= 4 is 38.9 Å². The van der Waals surface area contributed by atoms with Gasteiger partial charge in [-0.25, -0.2) is 8.42 Å². The molecule has 3 N–H and O–H groups in total. The number of piperidine rings is 1. The summed E-state index contributed by atoms with van der Waals surface area (Å²) in [5.74, 6) is -0.778. The van der Waals surface area contributed by atoms with Crippen molar-refractivity contribution in [3.8, 4) is 0 Å². The number of hydrogen-bond acceptors (Lipinski definition) is 5. The fraction of sp³-hybridized carbons (Fsp3) is 0.391. The molecule has 1 atom stereocenters. The molecule has 0 aliphatic carbocycles. The van der Waals surface area contributed by atoms with Crippen LogP contribution in [0, 0.1) is 0 Å². The zero-order valence-electron chi connectivity index (χ0n) is 18.6. The number of carbonyl (C=O) groups is 2. The second kappa shape index (κ2) is 10.1. The average molecular weight is 459 g/mol. The van der Waals surface area contributed by atoms with Crippen molar-refractivity contribution in [1.82, 2.24) is 4.90 Å². The molecular weight excluding hydrogens is 428 g/mol. The molecule has 1 heterocycles. The normalized spacial score (nSPS) is 16.9. The number of nitrogens with one attached hydrogen (secondary N) is 3. The number of carbonyl (C=O) groups excluding carboxylic acids is 2. The second-order valence-electron chi connectivity index (χ2n) is 8.28. The number of hydrogen-bond donors (Lipinski definition) is 3. The van der Waals surface area contributed by atoms with Crippen LogP contribution in [0.4, 0.5) is 17.1 Å². The Balaban J connectivity index is 1.75. The summed E-state index contributed by atoms with van der Waals surface area (Å²) in [6.45, 7) is 5.58. The molecule has 0 spiro atoms. The lowest BCUT2D eigenvalue weighted by atomic mass is 10.0. The van der Waals surface area contributed by atoms with E-state index in [1.165, 1.54) is 49.9 Å². The SMILES string of the molecule is CC(=O)Nc1ccc(NS(C)(=O)=O)c(C(=O)Nc2ccc(CN3CCCCC3C)cc2)c1. The molecule has 2 aromatic carbocycles. The molecule has 8 nitrogen and oxygen atoms in total. The molecule has 1 fully saturated rings. The Bertz CT molecular complexity index is 1080. The zero-order valence-corrected chi connectivity index (χ0v) is 19.5. The van der Waals surface area contributed by atoms with E-state index in [4.69, 9.17) is 0 Å². The van der Waals surface area contributed by atoms with Crippen LogP contribution >= 0.6 is 0 Å². The predicted molar refractivity (Wildman–Crippen MR) is 127 cm³/mol. The molecular formula is C23H30N4O4S. The molecule has 0 bridgehead atoms. The van der Waals surface area contributed by atoms with Crippen LogP contribution in [-0.4, -0.2) is 44.0 Å². The molecule has 0 saturated carbocycles. The fourth-order valence-electron chi connectivity index (χ4n) is 3.82. The molecule has 0 radical (unpaired) electrons. The van der Waals surface area contributed by atoms with E-state index >= 15 is 0 Å². The molecule has 9 heteroatoms. The van der Waals surface area contributed by atoms with Crippen LogP contribution < -0.4 is 15.4 Å². The van der Waals surface area contributed by atoms with E-state index in [1.807, 2.05) is 24.3 Å². The third-order valence-corrected chi connectivity index (χ3v) is 6.01. The Morgan fingerprint density at radius 2 is 1.72 bits per heavy atom. The summed E-state index contributed by atoms with van der Waals surface area (Å²) in [5, 5.41) is 5.41. The van der Waals surface area contributed by atoms with Gasteiger partial charge in [0, 0.05) is 30.9 Å². The molecule has 32 heavy (non-hydrogen) atoms. The fourth-order valence-corrected chi connectivity index (χ4v) is 4.40. The van der Waals surface area contributed by atoms with Crippen molar-refractivity contribution in [2.24, 2.45) is 0 Å². The Hall–Kier alpha value is -2.91.